The number of hydrogen-bond donors (Lipinski definition) is 1. The van der Waals surface area contributed by atoms with Gasteiger partial charge >= 0.3 is 6.16 Å². The van der Waals surface area contributed by atoms with Crippen LogP contribution in [-0.4, -0.2) is 22.2 Å². The van der Waals surface area contributed by atoms with Crippen molar-refractivity contribution in [1.29, 1.82) is 0 Å². The van der Waals surface area contributed by atoms with Crippen molar-refractivity contribution >= 4 is 29.4 Å². The molecular formula is C6H8Cl2O3. The fraction of sp³-hybridized carbons (Fsp3) is 0.500. The smallest absolute Gasteiger partial charge is 0.450 e. The van der Waals surface area contributed by atoms with Crippen molar-refractivity contribution in [1.82, 2.24) is 0 Å². The van der Waals surface area contributed by atoms with Crippen LogP contribution in [0.2, 0.25) is 0 Å². The second-order valence-corrected chi connectivity index (χ2v) is 3.06. The Balaban J connectivity index is 3.76. The zero-order valence-electron chi connectivity index (χ0n) is 5.67. The van der Waals surface area contributed by atoms with Gasteiger partial charge in [-0.3, -0.25) is 0 Å². The molecule has 0 saturated carbocycles. The van der Waals surface area contributed by atoms with Gasteiger partial charge in [0.25, 0.3) is 0 Å². The van der Waals surface area contributed by atoms with Crippen LogP contribution in [0.3, 0.4) is 0 Å². The molecule has 0 spiro atoms. The molecule has 0 aliphatic carbocycles. The molecule has 64 valence electrons. The largest absolute Gasteiger partial charge is 0.506 e. The van der Waals surface area contributed by atoms with Crippen LogP contribution in [0.5, 0.6) is 0 Å². The van der Waals surface area contributed by atoms with Crippen molar-refractivity contribution < 1.29 is 14.6 Å². The number of ether oxygens (including phenoxy) is 1. The van der Waals surface area contributed by atoms with Crippen LogP contribution in [-0.2, 0) is 4.74 Å². The van der Waals surface area contributed by atoms with Crippen molar-refractivity contribution in [2.45, 2.75) is 17.4 Å². The lowest BCUT2D eigenvalue weighted by molar-refractivity contribution is 0.0676. The standard InChI is InChI=1S/C6H8Cl2O3/c1-2-4(3-5(7)8)11-6(9)10/h2,4-5H,1,3H2,(H,9,10). The van der Waals surface area contributed by atoms with E-state index in [0.29, 0.717) is 0 Å². The average Bonchev–Trinajstić information content (AvgIpc) is 1.84. The van der Waals surface area contributed by atoms with Crippen molar-refractivity contribution in [3.63, 3.8) is 0 Å². The molecule has 0 aromatic carbocycles. The first-order valence-electron chi connectivity index (χ1n) is 2.86. The highest BCUT2D eigenvalue weighted by Gasteiger charge is 2.12. The van der Waals surface area contributed by atoms with Crippen LogP contribution in [0.15, 0.2) is 12.7 Å². The van der Waals surface area contributed by atoms with Gasteiger partial charge in [-0.15, -0.1) is 23.2 Å². The Kier molecular flexibility index (Phi) is 5.07. The molecule has 5 heteroatoms. The summed E-state index contributed by atoms with van der Waals surface area (Å²) < 4.78 is 4.34. The van der Waals surface area contributed by atoms with E-state index in [1.54, 1.807) is 0 Å². The Hall–Kier alpha value is -0.410. The molecule has 1 unspecified atom stereocenters. The molecule has 0 fully saturated rings. The first kappa shape index (κ1) is 10.6. The third-order valence-electron chi connectivity index (χ3n) is 0.926. The van der Waals surface area contributed by atoms with Gasteiger partial charge in [-0.1, -0.05) is 12.7 Å². The van der Waals surface area contributed by atoms with Gasteiger partial charge < -0.3 is 9.84 Å². The first-order chi connectivity index (χ1) is 5.06. The molecule has 1 N–H and O–H groups in total. The van der Waals surface area contributed by atoms with Gasteiger partial charge in [0.1, 0.15) is 10.9 Å². The Morgan fingerprint density at radius 3 is 2.55 bits per heavy atom. The van der Waals surface area contributed by atoms with Gasteiger partial charge in [0.05, 0.1) is 0 Å². The Labute approximate surface area is 74.6 Å². The Morgan fingerprint density at radius 1 is 1.73 bits per heavy atom. The fourth-order valence-electron chi connectivity index (χ4n) is 0.498. The van der Waals surface area contributed by atoms with Gasteiger partial charge in [-0.25, -0.2) is 4.79 Å². The van der Waals surface area contributed by atoms with Crippen molar-refractivity contribution in [2.75, 3.05) is 0 Å². The summed E-state index contributed by atoms with van der Waals surface area (Å²) in [6.07, 6.45) is -0.429. The van der Waals surface area contributed by atoms with Crippen molar-refractivity contribution in [2.24, 2.45) is 0 Å². The van der Waals surface area contributed by atoms with E-state index in [1.165, 1.54) is 6.08 Å². The minimum Gasteiger partial charge on any atom is -0.450 e. The highest BCUT2D eigenvalue weighted by Crippen LogP contribution is 2.13. The summed E-state index contributed by atoms with van der Waals surface area (Å²) in [5, 5.41) is 8.17. The molecule has 0 aliphatic heterocycles. The minimum absolute atomic E-state index is 0.221. The van der Waals surface area contributed by atoms with Crippen LogP contribution >= 0.6 is 23.2 Å². The number of alkyl halides is 2. The van der Waals surface area contributed by atoms with Crippen LogP contribution in [0.25, 0.3) is 0 Å². The topological polar surface area (TPSA) is 46.5 Å². The van der Waals surface area contributed by atoms with Crippen molar-refractivity contribution in [3.05, 3.63) is 12.7 Å². The zero-order chi connectivity index (χ0) is 8.85. The highest BCUT2D eigenvalue weighted by molar-refractivity contribution is 6.44. The number of halogens is 2. The van der Waals surface area contributed by atoms with Crippen molar-refractivity contribution in [3.8, 4) is 0 Å². The van der Waals surface area contributed by atoms with E-state index in [2.05, 4.69) is 11.3 Å². The van der Waals surface area contributed by atoms with Gasteiger partial charge in [0.2, 0.25) is 0 Å². The van der Waals surface area contributed by atoms with Gasteiger partial charge in [0.15, 0.2) is 0 Å². The average molecular weight is 199 g/mol. The summed E-state index contributed by atoms with van der Waals surface area (Å²) in [7, 11) is 0. The monoisotopic (exact) mass is 198 g/mol. The van der Waals surface area contributed by atoms with E-state index in [9.17, 15) is 4.79 Å². The number of hydrogen-bond acceptors (Lipinski definition) is 2. The summed E-state index contributed by atoms with van der Waals surface area (Å²) in [5.74, 6) is 0. The predicted octanol–water partition coefficient (Wildman–Crippen LogP) is 2.43. The van der Waals surface area contributed by atoms with E-state index in [4.69, 9.17) is 28.3 Å². The summed E-state index contributed by atoms with van der Waals surface area (Å²) in [6, 6.07) is 0. The van der Waals surface area contributed by atoms with Crippen LogP contribution in [0.4, 0.5) is 4.79 Å². The molecule has 0 rings (SSSR count). The Bertz CT molecular complexity index is 147. The van der Waals surface area contributed by atoms with E-state index in [0.717, 1.165) is 0 Å². The van der Waals surface area contributed by atoms with Crippen LogP contribution < -0.4 is 0 Å². The Morgan fingerprint density at radius 2 is 2.27 bits per heavy atom. The van der Waals surface area contributed by atoms with Gasteiger partial charge in [0, 0.05) is 6.42 Å². The lowest BCUT2D eigenvalue weighted by Gasteiger charge is -2.10. The molecule has 0 bridgehead atoms. The molecule has 0 heterocycles. The summed E-state index contributed by atoms with van der Waals surface area (Å²) in [6.45, 7) is 3.36. The normalized spacial score (nSPS) is 12.6. The first-order valence-corrected chi connectivity index (χ1v) is 3.73. The SMILES string of the molecule is C=CC(CC(Cl)Cl)OC(=O)O. The number of carbonyl (C=O) groups is 1. The summed E-state index contributed by atoms with van der Waals surface area (Å²) in [4.78, 5) is 9.35. The third-order valence-corrected chi connectivity index (χ3v) is 1.28. The minimum atomic E-state index is -1.36. The molecule has 0 saturated heterocycles. The fourth-order valence-corrected chi connectivity index (χ4v) is 0.849. The maximum absolute atomic E-state index is 9.99. The third kappa shape index (κ3) is 6.01. The van der Waals surface area contributed by atoms with E-state index in [1.807, 2.05) is 0 Å². The lowest BCUT2D eigenvalue weighted by Crippen LogP contribution is -2.16. The lowest BCUT2D eigenvalue weighted by atomic mass is 10.3. The molecule has 3 nitrogen and oxygen atoms in total. The molecule has 0 radical (unpaired) electrons. The van der Waals surface area contributed by atoms with E-state index >= 15 is 0 Å². The molecule has 0 aromatic rings. The molecule has 0 aromatic heterocycles. The molecule has 0 aliphatic rings. The second kappa shape index (κ2) is 5.27. The number of carboxylic acid groups (broad SMARTS) is 1. The molecule has 0 amide bonds. The number of rotatable bonds is 4. The molecule has 11 heavy (non-hydrogen) atoms. The summed E-state index contributed by atoms with van der Waals surface area (Å²) in [5.41, 5.74) is 0. The van der Waals surface area contributed by atoms with Gasteiger partial charge in [-0.05, 0) is 0 Å². The zero-order valence-corrected chi connectivity index (χ0v) is 7.18. The predicted molar refractivity (Wildman–Crippen MR) is 43.2 cm³/mol. The van der Waals surface area contributed by atoms with E-state index in [-0.39, 0.29) is 6.42 Å². The second-order valence-electron chi connectivity index (χ2n) is 1.78. The maximum Gasteiger partial charge on any atom is 0.506 e. The molecule has 1 atom stereocenters. The van der Waals surface area contributed by atoms with E-state index < -0.39 is 17.1 Å². The van der Waals surface area contributed by atoms with Gasteiger partial charge in [-0.2, -0.15) is 0 Å². The highest BCUT2D eigenvalue weighted by atomic mass is 35.5. The van der Waals surface area contributed by atoms with Crippen LogP contribution in [0, 0.1) is 0 Å². The summed E-state index contributed by atoms with van der Waals surface area (Å²) >= 11 is 10.8. The quantitative estimate of drug-likeness (QED) is 0.429. The van der Waals surface area contributed by atoms with Crippen LogP contribution in [0.1, 0.15) is 6.42 Å². The maximum atomic E-state index is 9.99. The molecular weight excluding hydrogens is 191 g/mol.